The van der Waals surface area contributed by atoms with Gasteiger partial charge in [-0.3, -0.25) is 9.59 Å². The number of fused-ring (bicyclic) bond motifs is 1. The van der Waals surface area contributed by atoms with E-state index in [1.807, 2.05) is 11.0 Å². The van der Waals surface area contributed by atoms with Crippen molar-refractivity contribution in [1.29, 1.82) is 0 Å². The van der Waals surface area contributed by atoms with Crippen LogP contribution in [0.15, 0.2) is 24.3 Å². The topological polar surface area (TPSA) is 49.4 Å². The predicted octanol–water partition coefficient (Wildman–Crippen LogP) is 2.51. The average molecular weight is 314 g/mol. The Morgan fingerprint density at radius 2 is 1.96 bits per heavy atom. The van der Waals surface area contributed by atoms with Gasteiger partial charge in [0, 0.05) is 19.6 Å². The molecule has 1 saturated carbocycles. The van der Waals surface area contributed by atoms with Gasteiger partial charge in [0.25, 0.3) is 0 Å². The molecule has 1 N–H and O–H groups in total. The lowest BCUT2D eigenvalue weighted by Gasteiger charge is -2.29. The van der Waals surface area contributed by atoms with E-state index in [1.54, 1.807) is 0 Å². The molecule has 4 heteroatoms. The van der Waals surface area contributed by atoms with Crippen LogP contribution in [0.3, 0.4) is 0 Å². The lowest BCUT2D eigenvalue weighted by molar-refractivity contribution is -0.135. The van der Waals surface area contributed by atoms with Gasteiger partial charge < -0.3 is 10.2 Å². The molecule has 1 aromatic carbocycles. The molecule has 2 atom stereocenters. The van der Waals surface area contributed by atoms with E-state index in [-0.39, 0.29) is 23.7 Å². The Balaban J connectivity index is 1.48. The van der Waals surface area contributed by atoms with E-state index in [2.05, 4.69) is 30.4 Å². The number of hydrogen-bond donors (Lipinski definition) is 1. The highest BCUT2D eigenvalue weighted by molar-refractivity contribution is 5.92. The minimum absolute atomic E-state index is 0.0665. The first kappa shape index (κ1) is 16.0. The molecule has 0 spiro atoms. The van der Waals surface area contributed by atoms with Crippen molar-refractivity contribution in [2.75, 3.05) is 13.1 Å². The van der Waals surface area contributed by atoms with Crippen LogP contribution >= 0.6 is 0 Å². The maximum Gasteiger partial charge on any atom is 0.226 e. The molecule has 124 valence electrons. The smallest absolute Gasteiger partial charge is 0.226 e. The molecule has 1 heterocycles. The number of benzene rings is 1. The Morgan fingerprint density at radius 1 is 1.17 bits per heavy atom. The monoisotopic (exact) mass is 314 g/mol. The average Bonchev–Trinajstić information content (AvgIpc) is 3.38. The highest BCUT2D eigenvalue weighted by Crippen LogP contribution is 2.40. The maximum atomic E-state index is 12.6. The number of carbonyl (C=O) groups is 2. The third-order valence-electron chi connectivity index (χ3n) is 4.97. The summed E-state index contributed by atoms with van der Waals surface area (Å²) in [4.78, 5) is 26.6. The summed E-state index contributed by atoms with van der Waals surface area (Å²) in [7, 11) is 0. The van der Waals surface area contributed by atoms with Crippen molar-refractivity contribution in [3.8, 4) is 0 Å². The van der Waals surface area contributed by atoms with Gasteiger partial charge in [0.1, 0.15) is 0 Å². The standard InChI is InChI=1S/C19H26N2O2/c1-2-3-6-10-20-18(22)16-12-17(16)19(23)21-11-9-14-7-4-5-8-15(14)13-21/h4-5,7-8,16-17H,2-3,6,9-13H2,1H3,(H,20,22). The zero-order chi connectivity index (χ0) is 16.2. The molecule has 1 aliphatic heterocycles. The molecule has 0 bridgehead atoms. The first-order valence-corrected chi connectivity index (χ1v) is 8.84. The van der Waals surface area contributed by atoms with Gasteiger partial charge in [-0.2, -0.15) is 0 Å². The molecule has 0 radical (unpaired) electrons. The number of rotatable bonds is 6. The number of nitrogens with one attached hydrogen (secondary N) is 1. The Bertz CT molecular complexity index is 584. The van der Waals surface area contributed by atoms with Crippen LogP contribution in [0.1, 0.15) is 43.7 Å². The van der Waals surface area contributed by atoms with Crippen molar-refractivity contribution in [1.82, 2.24) is 10.2 Å². The second-order valence-corrected chi connectivity index (χ2v) is 6.73. The van der Waals surface area contributed by atoms with Gasteiger partial charge in [0.2, 0.25) is 11.8 Å². The van der Waals surface area contributed by atoms with E-state index in [0.717, 1.165) is 45.2 Å². The fraction of sp³-hybridized carbons (Fsp3) is 0.579. The minimum Gasteiger partial charge on any atom is -0.356 e. The van der Waals surface area contributed by atoms with E-state index < -0.39 is 0 Å². The Labute approximate surface area is 138 Å². The number of hydrogen-bond acceptors (Lipinski definition) is 2. The predicted molar refractivity (Wildman–Crippen MR) is 89.7 cm³/mol. The first-order valence-electron chi connectivity index (χ1n) is 8.84. The summed E-state index contributed by atoms with van der Waals surface area (Å²) in [5, 5.41) is 2.97. The highest BCUT2D eigenvalue weighted by atomic mass is 16.2. The molecule has 0 saturated heterocycles. The van der Waals surface area contributed by atoms with Crippen molar-refractivity contribution in [2.45, 2.75) is 45.6 Å². The molecule has 4 nitrogen and oxygen atoms in total. The van der Waals surface area contributed by atoms with Crippen molar-refractivity contribution in [3.63, 3.8) is 0 Å². The molecular weight excluding hydrogens is 288 g/mol. The highest BCUT2D eigenvalue weighted by Gasteiger charge is 2.49. The van der Waals surface area contributed by atoms with Crippen LogP contribution in [0.4, 0.5) is 0 Å². The summed E-state index contributed by atoms with van der Waals surface area (Å²) < 4.78 is 0. The van der Waals surface area contributed by atoms with E-state index in [1.165, 1.54) is 11.1 Å². The maximum absolute atomic E-state index is 12.6. The van der Waals surface area contributed by atoms with Gasteiger partial charge in [0.15, 0.2) is 0 Å². The van der Waals surface area contributed by atoms with Crippen LogP contribution in [0.5, 0.6) is 0 Å². The third-order valence-corrected chi connectivity index (χ3v) is 4.97. The van der Waals surface area contributed by atoms with Gasteiger partial charge in [-0.05, 0) is 30.4 Å². The Kier molecular flexibility index (Phi) is 4.99. The van der Waals surface area contributed by atoms with Crippen LogP contribution in [0.25, 0.3) is 0 Å². The summed E-state index contributed by atoms with van der Waals surface area (Å²) in [5.41, 5.74) is 2.59. The number of amides is 2. The lowest BCUT2D eigenvalue weighted by atomic mass is 9.99. The van der Waals surface area contributed by atoms with Crippen LogP contribution in [0.2, 0.25) is 0 Å². The summed E-state index contributed by atoms with van der Waals surface area (Å²) in [6.07, 6.45) is 4.95. The number of nitrogens with zero attached hydrogens (tertiary/aromatic N) is 1. The summed E-state index contributed by atoms with van der Waals surface area (Å²) in [5.74, 6) is 0.0396. The van der Waals surface area contributed by atoms with Crippen molar-refractivity contribution in [3.05, 3.63) is 35.4 Å². The van der Waals surface area contributed by atoms with Crippen LogP contribution in [-0.2, 0) is 22.6 Å². The fourth-order valence-corrected chi connectivity index (χ4v) is 3.39. The molecule has 1 aromatic rings. The molecule has 2 amide bonds. The van der Waals surface area contributed by atoms with E-state index in [9.17, 15) is 9.59 Å². The molecule has 2 aliphatic rings. The third kappa shape index (κ3) is 3.74. The molecule has 1 aliphatic carbocycles. The first-order chi connectivity index (χ1) is 11.2. The van der Waals surface area contributed by atoms with Gasteiger partial charge in [0.05, 0.1) is 11.8 Å². The molecule has 3 rings (SSSR count). The zero-order valence-electron chi connectivity index (χ0n) is 13.9. The van der Waals surface area contributed by atoms with Crippen LogP contribution in [0, 0.1) is 11.8 Å². The van der Waals surface area contributed by atoms with E-state index in [0.29, 0.717) is 6.54 Å². The molecule has 1 fully saturated rings. The van der Waals surface area contributed by atoms with Gasteiger partial charge in [-0.25, -0.2) is 0 Å². The SMILES string of the molecule is CCCCCNC(=O)C1CC1C(=O)N1CCc2ccccc2C1. The van der Waals surface area contributed by atoms with Crippen LogP contribution < -0.4 is 5.32 Å². The number of carbonyl (C=O) groups excluding carboxylic acids is 2. The second-order valence-electron chi connectivity index (χ2n) is 6.73. The zero-order valence-corrected chi connectivity index (χ0v) is 13.9. The Hall–Kier alpha value is -1.84. The fourth-order valence-electron chi connectivity index (χ4n) is 3.39. The van der Waals surface area contributed by atoms with Crippen molar-refractivity contribution in [2.24, 2.45) is 11.8 Å². The van der Waals surface area contributed by atoms with Crippen LogP contribution in [-0.4, -0.2) is 29.8 Å². The van der Waals surface area contributed by atoms with Gasteiger partial charge in [-0.15, -0.1) is 0 Å². The summed E-state index contributed by atoms with van der Waals surface area (Å²) in [6, 6.07) is 8.31. The molecule has 0 aromatic heterocycles. The molecule has 2 unspecified atom stereocenters. The number of unbranched alkanes of at least 4 members (excludes halogenated alkanes) is 2. The summed E-state index contributed by atoms with van der Waals surface area (Å²) in [6.45, 7) is 4.35. The van der Waals surface area contributed by atoms with Crippen molar-refractivity contribution < 1.29 is 9.59 Å². The van der Waals surface area contributed by atoms with Crippen molar-refractivity contribution >= 4 is 11.8 Å². The van der Waals surface area contributed by atoms with E-state index in [4.69, 9.17) is 0 Å². The largest absolute Gasteiger partial charge is 0.356 e. The Morgan fingerprint density at radius 3 is 2.74 bits per heavy atom. The lowest BCUT2D eigenvalue weighted by Crippen LogP contribution is -2.38. The molecule has 23 heavy (non-hydrogen) atoms. The normalized spacial score (nSPS) is 22.4. The van der Waals surface area contributed by atoms with E-state index >= 15 is 0 Å². The quantitative estimate of drug-likeness (QED) is 0.820. The summed E-state index contributed by atoms with van der Waals surface area (Å²) >= 11 is 0. The van der Waals surface area contributed by atoms with Gasteiger partial charge in [-0.1, -0.05) is 44.0 Å². The van der Waals surface area contributed by atoms with Gasteiger partial charge >= 0.3 is 0 Å². The molecular formula is C19H26N2O2. The minimum atomic E-state index is -0.0960. The second kappa shape index (κ2) is 7.16.